The number of rotatable bonds is 5. The molecule has 1 amide bonds. The van der Waals surface area contributed by atoms with Gasteiger partial charge in [0.25, 0.3) is 5.91 Å². The van der Waals surface area contributed by atoms with E-state index in [2.05, 4.69) is 45.5 Å². The molecule has 2 aromatic carbocycles. The lowest BCUT2D eigenvalue weighted by molar-refractivity contribution is 0.0686. The molecule has 0 unspecified atom stereocenters. The number of H-pyrrole nitrogens is 2. The quantitative estimate of drug-likeness (QED) is 0.474. The van der Waals surface area contributed by atoms with Gasteiger partial charge in [-0.1, -0.05) is 30.3 Å². The molecule has 162 valence electrons. The van der Waals surface area contributed by atoms with Crippen molar-refractivity contribution in [3.8, 4) is 5.75 Å². The Bertz CT molecular complexity index is 1280. The fourth-order valence-corrected chi connectivity index (χ4v) is 4.92. The SMILES string of the molecule is CCOc1ccc([C@@H]2c3[nH]c4ccccc4c3CCN2C(=O)c2cc(C3CC3)[nH]n2)cc1. The summed E-state index contributed by atoms with van der Waals surface area (Å²) >= 11 is 0. The van der Waals surface area contributed by atoms with E-state index in [9.17, 15) is 4.79 Å². The predicted octanol–water partition coefficient (Wildman–Crippen LogP) is 4.96. The van der Waals surface area contributed by atoms with Crippen molar-refractivity contribution in [3.63, 3.8) is 0 Å². The smallest absolute Gasteiger partial charge is 0.275 e. The number of nitrogens with zero attached hydrogens (tertiary/aromatic N) is 2. The topological polar surface area (TPSA) is 74.0 Å². The van der Waals surface area contributed by atoms with Gasteiger partial charge in [-0.25, -0.2) is 0 Å². The molecule has 32 heavy (non-hydrogen) atoms. The highest BCUT2D eigenvalue weighted by molar-refractivity contribution is 5.94. The second-order valence-corrected chi connectivity index (χ2v) is 8.70. The average molecular weight is 427 g/mol. The fourth-order valence-electron chi connectivity index (χ4n) is 4.92. The molecule has 2 N–H and O–H groups in total. The molecule has 6 rings (SSSR count). The van der Waals surface area contributed by atoms with Gasteiger partial charge in [0.05, 0.1) is 12.6 Å². The van der Waals surface area contributed by atoms with E-state index in [4.69, 9.17) is 4.74 Å². The molecule has 0 saturated heterocycles. The number of ether oxygens (including phenoxy) is 1. The minimum absolute atomic E-state index is 0.0312. The van der Waals surface area contributed by atoms with Gasteiger partial charge in [-0.15, -0.1) is 0 Å². The minimum Gasteiger partial charge on any atom is -0.494 e. The molecular formula is C26H26N4O2. The third-order valence-corrected chi connectivity index (χ3v) is 6.64. The first-order valence-corrected chi connectivity index (χ1v) is 11.4. The van der Waals surface area contributed by atoms with Crippen molar-refractivity contribution in [2.75, 3.05) is 13.2 Å². The summed E-state index contributed by atoms with van der Waals surface area (Å²) in [6.45, 7) is 3.26. The highest BCUT2D eigenvalue weighted by Crippen LogP contribution is 2.41. The number of nitrogens with one attached hydrogen (secondary N) is 2. The summed E-state index contributed by atoms with van der Waals surface area (Å²) in [6, 6.07) is 18.2. The molecular weight excluding hydrogens is 400 g/mol. The molecule has 1 aliphatic heterocycles. The van der Waals surface area contributed by atoms with Gasteiger partial charge in [-0.3, -0.25) is 9.89 Å². The van der Waals surface area contributed by atoms with Crippen molar-refractivity contribution < 1.29 is 9.53 Å². The first kappa shape index (κ1) is 19.2. The van der Waals surface area contributed by atoms with E-state index in [1.54, 1.807) is 0 Å². The zero-order valence-electron chi connectivity index (χ0n) is 18.1. The lowest BCUT2D eigenvalue weighted by Crippen LogP contribution is -2.40. The van der Waals surface area contributed by atoms with Crippen LogP contribution in [0.2, 0.25) is 0 Å². The van der Waals surface area contributed by atoms with Crippen LogP contribution in [0.3, 0.4) is 0 Å². The van der Waals surface area contributed by atoms with Crippen LogP contribution in [0.25, 0.3) is 10.9 Å². The molecule has 1 aliphatic carbocycles. The molecule has 6 heteroatoms. The Morgan fingerprint density at radius 1 is 1.16 bits per heavy atom. The third kappa shape index (κ3) is 3.18. The van der Waals surface area contributed by atoms with Crippen LogP contribution in [0.5, 0.6) is 5.75 Å². The van der Waals surface area contributed by atoms with E-state index in [1.165, 1.54) is 23.8 Å². The van der Waals surface area contributed by atoms with Gasteiger partial charge in [0.15, 0.2) is 0 Å². The number of hydrogen-bond donors (Lipinski definition) is 2. The van der Waals surface area contributed by atoms with E-state index >= 15 is 0 Å². The Balaban J connectivity index is 1.43. The number of hydrogen-bond acceptors (Lipinski definition) is 3. The molecule has 3 heterocycles. The second-order valence-electron chi connectivity index (χ2n) is 8.70. The van der Waals surface area contributed by atoms with E-state index in [1.807, 2.05) is 36.1 Å². The summed E-state index contributed by atoms with van der Waals surface area (Å²) < 4.78 is 5.64. The number of amides is 1. The molecule has 6 nitrogen and oxygen atoms in total. The van der Waals surface area contributed by atoms with Crippen LogP contribution in [-0.2, 0) is 6.42 Å². The van der Waals surface area contributed by atoms with Crippen LogP contribution >= 0.6 is 0 Å². The first-order chi connectivity index (χ1) is 15.7. The van der Waals surface area contributed by atoms with Crippen molar-refractivity contribution in [2.45, 2.75) is 38.1 Å². The van der Waals surface area contributed by atoms with Gasteiger partial charge in [0, 0.05) is 34.8 Å². The van der Waals surface area contributed by atoms with E-state index in [0.29, 0.717) is 24.8 Å². The normalized spacial score (nSPS) is 18.0. The van der Waals surface area contributed by atoms with Crippen molar-refractivity contribution >= 4 is 16.8 Å². The molecule has 0 spiro atoms. The molecule has 2 aliphatic rings. The second kappa shape index (κ2) is 7.55. The van der Waals surface area contributed by atoms with Crippen LogP contribution in [0.1, 0.15) is 64.7 Å². The number of benzene rings is 2. The molecule has 1 atom stereocenters. The summed E-state index contributed by atoms with van der Waals surface area (Å²) in [7, 11) is 0. The lowest BCUT2D eigenvalue weighted by atomic mass is 9.92. The number of para-hydroxylation sites is 1. The van der Waals surface area contributed by atoms with Gasteiger partial charge in [-0.05, 0) is 61.6 Å². The summed E-state index contributed by atoms with van der Waals surface area (Å²) in [4.78, 5) is 19.2. The maximum atomic E-state index is 13.6. The summed E-state index contributed by atoms with van der Waals surface area (Å²) in [6.07, 6.45) is 3.16. The van der Waals surface area contributed by atoms with Crippen molar-refractivity contribution in [3.05, 3.63) is 82.8 Å². The van der Waals surface area contributed by atoms with Gasteiger partial charge in [0.1, 0.15) is 11.4 Å². The van der Waals surface area contributed by atoms with E-state index in [0.717, 1.165) is 34.6 Å². The van der Waals surface area contributed by atoms with Gasteiger partial charge >= 0.3 is 0 Å². The van der Waals surface area contributed by atoms with Crippen LogP contribution in [0, 0.1) is 0 Å². The van der Waals surface area contributed by atoms with Crippen molar-refractivity contribution in [1.82, 2.24) is 20.1 Å². The largest absolute Gasteiger partial charge is 0.494 e. The maximum absolute atomic E-state index is 13.6. The van der Waals surface area contributed by atoms with Crippen LogP contribution < -0.4 is 4.74 Å². The molecule has 2 aromatic heterocycles. The monoisotopic (exact) mass is 426 g/mol. The number of carbonyl (C=O) groups is 1. The number of aromatic amines is 2. The summed E-state index contributed by atoms with van der Waals surface area (Å²) in [5, 5.41) is 8.69. The Morgan fingerprint density at radius 2 is 1.97 bits per heavy atom. The van der Waals surface area contributed by atoms with Crippen LogP contribution in [-0.4, -0.2) is 39.1 Å². The van der Waals surface area contributed by atoms with Gasteiger partial charge < -0.3 is 14.6 Å². The van der Waals surface area contributed by atoms with E-state index < -0.39 is 0 Å². The molecule has 0 bridgehead atoms. The number of fused-ring (bicyclic) bond motifs is 3. The minimum atomic E-state index is -0.199. The van der Waals surface area contributed by atoms with Crippen molar-refractivity contribution in [1.29, 1.82) is 0 Å². The Labute approximate surface area is 186 Å². The molecule has 1 saturated carbocycles. The van der Waals surface area contributed by atoms with Crippen molar-refractivity contribution in [2.24, 2.45) is 0 Å². The lowest BCUT2D eigenvalue weighted by Gasteiger charge is -2.36. The Morgan fingerprint density at radius 3 is 2.75 bits per heavy atom. The summed E-state index contributed by atoms with van der Waals surface area (Å²) in [5.41, 5.74) is 6.14. The summed E-state index contributed by atoms with van der Waals surface area (Å²) in [5.74, 6) is 1.34. The van der Waals surface area contributed by atoms with Crippen LogP contribution in [0.15, 0.2) is 54.6 Å². The third-order valence-electron chi connectivity index (χ3n) is 6.64. The highest BCUT2D eigenvalue weighted by atomic mass is 16.5. The van der Waals surface area contributed by atoms with Gasteiger partial charge in [-0.2, -0.15) is 5.10 Å². The van der Waals surface area contributed by atoms with E-state index in [-0.39, 0.29) is 11.9 Å². The molecule has 1 fully saturated rings. The zero-order valence-corrected chi connectivity index (χ0v) is 18.1. The zero-order chi connectivity index (χ0) is 21.7. The average Bonchev–Trinajstić information content (AvgIpc) is 3.43. The number of carbonyl (C=O) groups excluding carboxylic acids is 1. The standard InChI is InChI=1S/C26H26N4O2/c1-2-32-18-11-9-17(10-12-18)25-24-20(19-5-3-4-6-21(19)27-24)13-14-30(25)26(31)23-15-22(28-29-23)16-7-8-16/h3-6,9-12,15-16,25,27H,2,7-8,13-14H2,1H3,(H,28,29)/t25-/m1/s1. The Kier molecular flexibility index (Phi) is 4.52. The van der Waals surface area contributed by atoms with Crippen LogP contribution in [0.4, 0.5) is 0 Å². The molecule has 4 aromatic rings. The molecule has 0 radical (unpaired) electrons. The predicted molar refractivity (Wildman–Crippen MR) is 123 cm³/mol. The highest BCUT2D eigenvalue weighted by Gasteiger charge is 2.36. The maximum Gasteiger partial charge on any atom is 0.275 e. The van der Waals surface area contributed by atoms with Gasteiger partial charge in [0.2, 0.25) is 0 Å². The first-order valence-electron chi connectivity index (χ1n) is 11.4. The number of aromatic nitrogens is 3. The fraction of sp³-hybridized carbons (Fsp3) is 0.308. The Hall–Kier alpha value is -3.54.